The van der Waals surface area contributed by atoms with Gasteiger partial charge in [0.2, 0.25) is 0 Å². The Balaban J connectivity index is 1.64. The molecule has 2 nitrogen and oxygen atoms in total. The van der Waals surface area contributed by atoms with E-state index in [4.69, 9.17) is 17.3 Å². The topological polar surface area (TPSA) is 29.3 Å². The molecule has 0 radical (unpaired) electrons. The summed E-state index contributed by atoms with van der Waals surface area (Å²) in [5.74, 6) is 0.628. The van der Waals surface area contributed by atoms with Crippen LogP contribution in [-0.4, -0.2) is 24.0 Å². The molecule has 3 heteroatoms. The molecule has 1 fully saturated rings. The standard InChI is InChI=1S/C21H27ClN2/c1-15-3-4-18(9-16(15)2)10-19-11-21(23)14-24(13-19)12-17-5-7-20(22)8-6-17/h3-9,19,21H,10-14,23H2,1-2H3. The number of nitrogens with zero attached hydrogens (tertiary/aromatic N) is 1. The second kappa shape index (κ2) is 7.69. The fourth-order valence-corrected chi connectivity index (χ4v) is 3.86. The van der Waals surface area contributed by atoms with Crippen LogP contribution < -0.4 is 5.73 Å². The molecule has 2 aromatic carbocycles. The lowest BCUT2D eigenvalue weighted by molar-refractivity contribution is 0.149. The summed E-state index contributed by atoms with van der Waals surface area (Å²) < 4.78 is 0. The molecule has 0 amide bonds. The average Bonchev–Trinajstić information content (AvgIpc) is 2.53. The molecule has 2 aromatic rings. The second-order valence-electron chi connectivity index (χ2n) is 7.31. The maximum atomic E-state index is 6.34. The Morgan fingerprint density at radius 2 is 1.71 bits per heavy atom. The van der Waals surface area contributed by atoms with Gasteiger partial charge in [0.1, 0.15) is 0 Å². The summed E-state index contributed by atoms with van der Waals surface area (Å²) in [4.78, 5) is 2.49. The summed E-state index contributed by atoms with van der Waals surface area (Å²) >= 11 is 5.98. The first-order valence-electron chi connectivity index (χ1n) is 8.78. The van der Waals surface area contributed by atoms with E-state index in [9.17, 15) is 0 Å². The third-order valence-electron chi connectivity index (χ3n) is 5.06. The van der Waals surface area contributed by atoms with Crippen LogP contribution in [-0.2, 0) is 13.0 Å². The number of piperidine rings is 1. The van der Waals surface area contributed by atoms with E-state index in [0.29, 0.717) is 5.92 Å². The Morgan fingerprint density at radius 1 is 1.00 bits per heavy atom. The maximum absolute atomic E-state index is 6.34. The van der Waals surface area contributed by atoms with E-state index >= 15 is 0 Å². The van der Waals surface area contributed by atoms with Gasteiger partial charge < -0.3 is 5.73 Å². The van der Waals surface area contributed by atoms with Gasteiger partial charge in [-0.15, -0.1) is 0 Å². The van der Waals surface area contributed by atoms with Gasteiger partial charge in [0, 0.05) is 30.7 Å². The molecule has 1 heterocycles. The summed E-state index contributed by atoms with van der Waals surface area (Å²) in [5, 5.41) is 0.793. The normalized spacial score (nSPS) is 21.8. The molecule has 128 valence electrons. The minimum atomic E-state index is 0.266. The summed E-state index contributed by atoms with van der Waals surface area (Å²) in [6, 6.07) is 15.3. The molecule has 0 bridgehead atoms. The fraction of sp³-hybridized carbons (Fsp3) is 0.429. The van der Waals surface area contributed by atoms with Gasteiger partial charge in [-0.3, -0.25) is 4.90 Å². The summed E-state index contributed by atoms with van der Waals surface area (Å²) in [6.07, 6.45) is 2.23. The van der Waals surface area contributed by atoms with E-state index in [-0.39, 0.29) is 6.04 Å². The second-order valence-corrected chi connectivity index (χ2v) is 7.74. The molecule has 0 spiro atoms. The third-order valence-corrected chi connectivity index (χ3v) is 5.31. The third kappa shape index (κ3) is 4.60. The molecule has 0 saturated carbocycles. The smallest absolute Gasteiger partial charge is 0.0406 e. The fourth-order valence-electron chi connectivity index (χ4n) is 3.74. The van der Waals surface area contributed by atoms with Crippen molar-refractivity contribution in [2.45, 2.75) is 39.3 Å². The van der Waals surface area contributed by atoms with Crippen molar-refractivity contribution in [3.63, 3.8) is 0 Å². The van der Waals surface area contributed by atoms with Crippen molar-refractivity contribution in [3.05, 3.63) is 69.7 Å². The minimum absolute atomic E-state index is 0.266. The van der Waals surface area contributed by atoms with E-state index in [0.717, 1.165) is 37.5 Å². The number of rotatable bonds is 4. The number of benzene rings is 2. The number of hydrogen-bond acceptors (Lipinski definition) is 2. The van der Waals surface area contributed by atoms with E-state index in [1.54, 1.807) is 0 Å². The van der Waals surface area contributed by atoms with Crippen LogP contribution in [0.3, 0.4) is 0 Å². The van der Waals surface area contributed by atoms with Crippen LogP contribution in [0.15, 0.2) is 42.5 Å². The van der Waals surface area contributed by atoms with Crippen molar-refractivity contribution < 1.29 is 0 Å². The molecular weight excluding hydrogens is 316 g/mol. The first-order valence-corrected chi connectivity index (χ1v) is 9.16. The highest BCUT2D eigenvalue weighted by Crippen LogP contribution is 2.23. The number of likely N-dealkylation sites (tertiary alicyclic amines) is 1. The van der Waals surface area contributed by atoms with Crippen molar-refractivity contribution in [2.24, 2.45) is 11.7 Å². The molecule has 2 N–H and O–H groups in total. The molecule has 0 aromatic heterocycles. The molecule has 24 heavy (non-hydrogen) atoms. The van der Waals surface area contributed by atoms with Crippen molar-refractivity contribution in [1.29, 1.82) is 0 Å². The maximum Gasteiger partial charge on any atom is 0.0406 e. The van der Waals surface area contributed by atoms with Crippen LogP contribution in [0.4, 0.5) is 0 Å². The average molecular weight is 343 g/mol. The van der Waals surface area contributed by atoms with Gasteiger partial charge in [-0.2, -0.15) is 0 Å². The Kier molecular flexibility index (Phi) is 5.60. The number of hydrogen-bond donors (Lipinski definition) is 1. The summed E-state index contributed by atoms with van der Waals surface area (Å²) in [7, 11) is 0. The van der Waals surface area contributed by atoms with Gasteiger partial charge in [0.15, 0.2) is 0 Å². The first-order chi connectivity index (χ1) is 11.5. The van der Waals surface area contributed by atoms with Crippen molar-refractivity contribution in [2.75, 3.05) is 13.1 Å². The lowest BCUT2D eigenvalue weighted by atomic mass is 9.88. The van der Waals surface area contributed by atoms with Gasteiger partial charge in [-0.25, -0.2) is 0 Å². The summed E-state index contributed by atoms with van der Waals surface area (Å²) in [5.41, 5.74) is 11.8. The van der Waals surface area contributed by atoms with E-state index < -0.39 is 0 Å². The molecule has 1 aliphatic heterocycles. The number of aryl methyl sites for hydroxylation is 2. The van der Waals surface area contributed by atoms with Crippen LogP contribution in [0.2, 0.25) is 5.02 Å². The van der Waals surface area contributed by atoms with Gasteiger partial charge in [0.05, 0.1) is 0 Å². The first kappa shape index (κ1) is 17.5. The predicted octanol–water partition coefficient (Wildman–Crippen LogP) is 4.35. The molecular formula is C21H27ClN2. The molecule has 1 aliphatic rings. The van der Waals surface area contributed by atoms with Gasteiger partial charge in [-0.1, -0.05) is 41.9 Å². The molecule has 2 unspecified atom stereocenters. The van der Waals surface area contributed by atoms with Crippen LogP contribution >= 0.6 is 11.6 Å². The highest BCUT2D eigenvalue weighted by molar-refractivity contribution is 6.30. The van der Waals surface area contributed by atoms with E-state index in [1.807, 2.05) is 12.1 Å². The lowest BCUT2D eigenvalue weighted by Gasteiger charge is -2.36. The van der Waals surface area contributed by atoms with Crippen LogP contribution in [0, 0.1) is 19.8 Å². The van der Waals surface area contributed by atoms with Gasteiger partial charge in [-0.05, 0) is 67.0 Å². The minimum Gasteiger partial charge on any atom is -0.327 e. The van der Waals surface area contributed by atoms with E-state index in [1.165, 1.54) is 22.3 Å². The number of halogens is 1. The van der Waals surface area contributed by atoms with Crippen molar-refractivity contribution in [3.8, 4) is 0 Å². The Hall–Kier alpha value is -1.35. The zero-order valence-corrected chi connectivity index (χ0v) is 15.4. The SMILES string of the molecule is Cc1ccc(CC2CC(N)CN(Cc3ccc(Cl)cc3)C2)cc1C. The predicted molar refractivity (Wildman–Crippen MR) is 102 cm³/mol. The van der Waals surface area contributed by atoms with Gasteiger partial charge >= 0.3 is 0 Å². The number of nitrogens with two attached hydrogens (primary N) is 1. The van der Waals surface area contributed by atoms with Crippen LogP contribution in [0.25, 0.3) is 0 Å². The monoisotopic (exact) mass is 342 g/mol. The zero-order chi connectivity index (χ0) is 17.1. The Morgan fingerprint density at radius 3 is 2.42 bits per heavy atom. The Labute approximate surface area is 150 Å². The molecule has 3 rings (SSSR count). The Bertz CT molecular complexity index is 681. The molecule has 1 saturated heterocycles. The molecule has 2 atom stereocenters. The largest absolute Gasteiger partial charge is 0.327 e. The molecule has 0 aliphatic carbocycles. The van der Waals surface area contributed by atoms with Crippen molar-refractivity contribution >= 4 is 11.6 Å². The highest BCUT2D eigenvalue weighted by Gasteiger charge is 2.25. The van der Waals surface area contributed by atoms with Crippen molar-refractivity contribution in [1.82, 2.24) is 4.90 Å². The van der Waals surface area contributed by atoms with E-state index in [2.05, 4.69) is 49.1 Å². The summed E-state index contributed by atoms with van der Waals surface area (Å²) in [6.45, 7) is 7.41. The highest BCUT2D eigenvalue weighted by atomic mass is 35.5. The zero-order valence-electron chi connectivity index (χ0n) is 14.6. The van der Waals surface area contributed by atoms with Gasteiger partial charge in [0.25, 0.3) is 0 Å². The quantitative estimate of drug-likeness (QED) is 0.895. The lowest BCUT2D eigenvalue weighted by Crippen LogP contribution is -2.47. The van der Waals surface area contributed by atoms with Crippen LogP contribution in [0.1, 0.15) is 28.7 Å². The van der Waals surface area contributed by atoms with Crippen LogP contribution in [0.5, 0.6) is 0 Å².